The fourth-order valence-electron chi connectivity index (χ4n) is 4.16. The van der Waals surface area contributed by atoms with E-state index in [2.05, 4.69) is 35.1 Å². The van der Waals surface area contributed by atoms with Gasteiger partial charge in [0.05, 0.1) is 25.2 Å². The van der Waals surface area contributed by atoms with Crippen LogP contribution in [0.5, 0.6) is 5.75 Å². The molecular weight excluding hydrogens is 422 g/mol. The Labute approximate surface area is 174 Å². The molecule has 6 heteroatoms. The van der Waals surface area contributed by atoms with Crippen LogP contribution in [0.3, 0.4) is 0 Å². The Morgan fingerprint density at radius 3 is 2.68 bits per heavy atom. The smallest absolute Gasteiger partial charge is 0.336 e. The molecule has 1 N–H and O–H groups in total. The quantitative estimate of drug-likeness (QED) is 0.681. The van der Waals surface area contributed by atoms with E-state index in [4.69, 9.17) is 9.47 Å². The van der Waals surface area contributed by atoms with Crippen LogP contribution in [0.4, 0.5) is 0 Å². The van der Waals surface area contributed by atoms with Gasteiger partial charge in [-0.1, -0.05) is 29.8 Å². The Morgan fingerprint density at radius 2 is 2.04 bits per heavy atom. The highest BCUT2D eigenvalue weighted by atomic mass is 79.9. The molecule has 0 saturated heterocycles. The summed E-state index contributed by atoms with van der Waals surface area (Å²) in [4.78, 5) is 26.1. The molecule has 1 atom stereocenters. The van der Waals surface area contributed by atoms with Crippen LogP contribution >= 0.6 is 15.9 Å². The lowest BCUT2D eigenvalue weighted by Crippen LogP contribution is -2.38. The van der Waals surface area contributed by atoms with Crippen molar-refractivity contribution in [1.82, 2.24) is 5.32 Å². The third kappa shape index (κ3) is 3.75. The predicted octanol–water partition coefficient (Wildman–Crippen LogP) is 4.62. The second-order valence-corrected chi connectivity index (χ2v) is 8.95. The number of Topliss-reactive ketones (excluding diaryl/α,β-unsaturated/α-hetero) is 1. The molecule has 1 aromatic rings. The molecule has 5 nitrogen and oxygen atoms in total. The molecule has 0 amide bonds. The van der Waals surface area contributed by atoms with Gasteiger partial charge >= 0.3 is 5.97 Å². The van der Waals surface area contributed by atoms with E-state index in [0.717, 1.165) is 27.9 Å². The van der Waals surface area contributed by atoms with Crippen molar-refractivity contribution in [1.29, 1.82) is 0 Å². The third-order valence-corrected chi connectivity index (χ3v) is 5.73. The van der Waals surface area contributed by atoms with Gasteiger partial charge in [-0.15, -0.1) is 0 Å². The number of ether oxygens (including phenoxy) is 2. The topological polar surface area (TPSA) is 64.6 Å². The average Bonchev–Trinajstić information content (AvgIpc) is 2.59. The maximum Gasteiger partial charge on any atom is 0.336 e. The Kier molecular flexibility index (Phi) is 5.71. The third-order valence-electron chi connectivity index (χ3n) is 5.24. The molecule has 0 aromatic heterocycles. The molecule has 0 spiro atoms. The van der Waals surface area contributed by atoms with Gasteiger partial charge in [0.1, 0.15) is 5.75 Å². The lowest BCUT2D eigenvalue weighted by atomic mass is 9.68. The number of dihydropyridines is 1. The molecule has 0 bridgehead atoms. The van der Waals surface area contributed by atoms with Crippen LogP contribution in [0.2, 0.25) is 0 Å². The van der Waals surface area contributed by atoms with Gasteiger partial charge in [-0.2, -0.15) is 0 Å². The molecule has 0 fully saturated rings. The van der Waals surface area contributed by atoms with Crippen molar-refractivity contribution in [2.45, 2.75) is 46.5 Å². The molecule has 1 aliphatic carbocycles. The first kappa shape index (κ1) is 20.6. The normalized spacial score (nSPS) is 21.2. The van der Waals surface area contributed by atoms with Crippen molar-refractivity contribution in [3.8, 4) is 5.75 Å². The van der Waals surface area contributed by atoms with Gasteiger partial charge in [-0.25, -0.2) is 4.79 Å². The summed E-state index contributed by atoms with van der Waals surface area (Å²) in [5.41, 5.74) is 3.36. The van der Waals surface area contributed by atoms with Crippen molar-refractivity contribution >= 4 is 27.7 Å². The molecule has 1 aliphatic heterocycles. The van der Waals surface area contributed by atoms with E-state index in [-0.39, 0.29) is 17.8 Å². The summed E-state index contributed by atoms with van der Waals surface area (Å²) in [6.07, 6.45) is 1.18. The monoisotopic (exact) mass is 447 g/mol. The number of rotatable bonds is 4. The van der Waals surface area contributed by atoms with Crippen LogP contribution in [0.15, 0.2) is 45.2 Å². The number of hydrogen-bond donors (Lipinski definition) is 1. The maximum atomic E-state index is 13.2. The molecule has 150 valence electrons. The standard InChI is InChI=1S/C22H26BrNO4/c1-6-28-21(26)18-12(2)24-15-10-22(3,4)11-16(25)20(15)19(18)14-9-13(23)7-8-17(14)27-5/h7-9,19,24H,6,10-11H2,1-5H3/t19-/m1/s1. The second kappa shape index (κ2) is 7.74. The predicted molar refractivity (Wildman–Crippen MR) is 111 cm³/mol. The molecule has 2 aliphatic rings. The molecule has 1 aromatic carbocycles. The summed E-state index contributed by atoms with van der Waals surface area (Å²) in [6.45, 7) is 8.08. The summed E-state index contributed by atoms with van der Waals surface area (Å²) >= 11 is 3.51. The van der Waals surface area contributed by atoms with Crippen LogP contribution in [0.1, 0.15) is 52.0 Å². The number of carbonyl (C=O) groups is 2. The van der Waals surface area contributed by atoms with Crippen molar-refractivity contribution in [3.63, 3.8) is 0 Å². The van der Waals surface area contributed by atoms with Crippen molar-refractivity contribution in [2.75, 3.05) is 13.7 Å². The zero-order valence-electron chi connectivity index (χ0n) is 16.9. The second-order valence-electron chi connectivity index (χ2n) is 8.04. The lowest BCUT2D eigenvalue weighted by Gasteiger charge is -2.39. The molecule has 28 heavy (non-hydrogen) atoms. The van der Waals surface area contributed by atoms with Crippen LogP contribution < -0.4 is 10.1 Å². The summed E-state index contributed by atoms with van der Waals surface area (Å²) in [5, 5.41) is 3.33. The van der Waals surface area contributed by atoms with Crippen molar-refractivity contribution in [2.24, 2.45) is 5.41 Å². The summed E-state index contributed by atoms with van der Waals surface area (Å²) in [7, 11) is 1.59. The number of hydrogen-bond acceptors (Lipinski definition) is 5. The number of ketones is 1. The van der Waals surface area contributed by atoms with Gasteiger partial charge in [0, 0.05) is 33.4 Å². The SMILES string of the molecule is CCOC(=O)C1=C(C)NC2=C(C(=O)CC(C)(C)C2)[C@@H]1c1cc(Br)ccc1OC. The Bertz CT molecular complexity index is 898. The number of carbonyl (C=O) groups excluding carboxylic acids is 2. The maximum absolute atomic E-state index is 13.2. The molecular formula is C22H26BrNO4. The summed E-state index contributed by atoms with van der Waals surface area (Å²) < 4.78 is 11.8. The number of esters is 1. The van der Waals surface area contributed by atoms with Gasteiger partial charge in [0.25, 0.3) is 0 Å². The van der Waals surface area contributed by atoms with Crippen molar-refractivity contribution < 1.29 is 19.1 Å². The molecule has 0 unspecified atom stereocenters. The highest BCUT2D eigenvalue weighted by Gasteiger charge is 2.44. The molecule has 1 heterocycles. The molecule has 0 radical (unpaired) electrons. The van der Waals surface area contributed by atoms with Gasteiger partial charge in [-0.3, -0.25) is 4.79 Å². The fourth-order valence-corrected chi connectivity index (χ4v) is 4.54. The zero-order valence-corrected chi connectivity index (χ0v) is 18.5. The van der Waals surface area contributed by atoms with E-state index < -0.39 is 11.9 Å². The van der Waals surface area contributed by atoms with Gasteiger partial charge in [0.2, 0.25) is 0 Å². The van der Waals surface area contributed by atoms with Crippen molar-refractivity contribution in [3.05, 3.63) is 50.8 Å². The van der Waals surface area contributed by atoms with E-state index >= 15 is 0 Å². The van der Waals surface area contributed by atoms with E-state index in [9.17, 15) is 9.59 Å². The Hall–Kier alpha value is -2.08. The first-order valence-corrected chi connectivity index (χ1v) is 10.2. The van der Waals surface area contributed by atoms with Crippen LogP contribution in [0, 0.1) is 5.41 Å². The van der Waals surface area contributed by atoms with Gasteiger partial charge < -0.3 is 14.8 Å². The first-order chi connectivity index (χ1) is 13.2. The molecule has 3 rings (SSSR count). The van der Waals surface area contributed by atoms with E-state index in [1.807, 2.05) is 25.1 Å². The number of methoxy groups -OCH3 is 1. The number of allylic oxidation sites excluding steroid dienone is 3. The highest BCUT2D eigenvalue weighted by molar-refractivity contribution is 9.10. The van der Waals surface area contributed by atoms with Gasteiger partial charge in [-0.05, 0) is 43.9 Å². The minimum Gasteiger partial charge on any atom is -0.496 e. The minimum absolute atomic E-state index is 0.0556. The largest absolute Gasteiger partial charge is 0.496 e. The molecule has 0 saturated carbocycles. The van der Waals surface area contributed by atoms with Gasteiger partial charge in [0.15, 0.2) is 5.78 Å². The Balaban J connectivity index is 2.26. The Morgan fingerprint density at radius 1 is 1.32 bits per heavy atom. The van der Waals surface area contributed by atoms with E-state index in [1.165, 1.54) is 0 Å². The number of benzene rings is 1. The number of halogens is 1. The highest BCUT2D eigenvalue weighted by Crippen LogP contribution is 2.48. The first-order valence-electron chi connectivity index (χ1n) is 9.43. The number of nitrogens with one attached hydrogen (secondary N) is 1. The zero-order chi connectivity index (χ0) is 20.6. The summed E-state index contributed by atoms with van der Waals surface area (Å²) in [5.74, 6) is -0.246. The van der Waals surface area contributed by atoms with Crippen LogP contribution in [0.25, 0.3) is 0 Å². The van der Waals surface area contributed by atoms with Crippen LogP contribution in [-0.4, -0.2) is 25.5 Å². The van der Waals surface area contributed by atoms with E-state index in [0.29, 0.717) is 23.3 Å². The lowest BCUT2D eigenvalue weighted by molar-refractivity contribution is -0.138. The summed E-state index contributed by atoms with van der Waals surface area (Å²) in [6, 6.07) is 5.64. The minimum atomic E-state index is -0.522. The fraction of sp³-hybridized carbons (Fsp3) is 0.455. The van der Waals surface area contributed by atoms with Crippen LogP contribution in [-0.2, 0) is 14.3 Å². The average molecular weight is 448 g/mol. The van der Waals surface area contributed by atoms with E-state index in [1.54, 1.807) is 14.0 Å².